The zero-order chi connectivity index (χ0) is 19.3. The molecule has 1 aliphatic rings. The van der Waals surface area contributed by atoms with Crippen molar-refractivity contribution in [2.24, 2.45) is 5.92 Å². The van der Waals surface area contributed by atoms with E-state index in [0.717, 1.165) is 36.1 Å². The van der Waals surface area contributed by atoms with E-state index in [1.165, 1.54) is 37.1 Å². The van der Waals surface area contributed by atoms with Crippen molar-refractivity contribution in [1.29, 1.82) is 0 Å². The van der Waals surface area contributed by atoms with Crippen molar-refractivity contribution in [3.63, 3.8) is 0 Å². The van der Waals surface area contributed by atoms with Gasteiger partial charge in [-0.15, -0.1) is 0 Å². The molecule has 28 heavy (non-hydrogen) atoms. The first-order chi connectivity index (χ1) is 13.7. The van der Waals surface area contributed by atoms with Crippen molar-refractivity contribution in [3.05, 3.63) is 65.6 Å². The first kappa shape index (κ1) is 19.0. The van der Waals surface area contributed by atoms with E-state index in [1.807, 2.05) is 35.0 Å². The molecule has 5 heteroatoms. The molecule has 1 aromatic carbocycles. The van der Waals surface area contributed by atoms with Crippen LogP contribution in [0.5, 0.6) is 5.75 Å². The van der Waals surface area contributed by atoms with E-state index in [1.54, 1.807) is 0 Å². The lowest BCUT2D eigenvalue weighted by atomic mass is 9.97. The standard InChI is InChI=1S/C23H30N4O/c1-18-4-3-11-27-16-21(25-23(18)27)17-28-22-7-5-19(6-8-22)14-24-15-20-9-12-26(2)13-10-20/h3-8,11,16,20,24H,9-10,12-15,17H2,1-2H3. The van der Waals surface area contributed by atoms with Crippen molar-refractivity contribution in [3.8, 4) is 5.75 Å². The molecule has 1 aliphatic heterocycles. The molecule has 1 saturated heterocycles. The Morgan fingerprint density at radius 1 is 1.14 bits per heavy atom. The van der Waals surface area contributed by atoms with Crippen LogP contribution in [0.15, 0.2) is 48.8 Å². The number of pyridine rings is 1. The minimum absolute atomic E-state index is 0.481. The van der Waals surface area contributed by atoms with Crippen LogP contribution in [-0.2, 0) is 13.2 Å². The maximum absolute atomic E-state index is 5.93. The first-order valence-corrected chi connectivity index (χ1v) is 10.2. The Hall–Kier alpha value is -2.37. The van der Waals surface area contributed by atoms with Crippen LogP contribution in [0.3, 0.4) is 0 Å². The number of benzene rings is 1. The number of nitrogens with one attached hydrogen (secondary N) is 1. The van der Waals surface area contributed by atoms with Gasteiger partial charge in [0.15, 0.2) is 0 Å². The van der Waals surface area contributed by atoms with Crippen LogP contribution < -0.4 is 10.1 Å². The maximum atomic E-state index is 5.93. The number of nitrogens with zero attached hydrogens (tertiary/aromatic N) is 3. The van der Waals surface area contributed by atoms with Crippen molar-refractivity contribution >= 4 is 5.65 Å². The zero-order valence-corrected chi connectivity index (χ0v) is 16.9. The average molecular weight is 379 g/mol. The second kappa shape index (κ2) is 8.76. The smallest absolute Gasteiger partial charge is 0.140 e. The Labute approximate surface area is 167 Å². The molecule has 2 aromatic heterocycles. The number of imidazole rings is 1. The quantitative estimate of drug-likeness (QED) is 0.681. The van der Waals surface area contributed by atoms with Gasteiger partial charge in [0.25, 0.3) is 0 Å². The number of aryl methyl sites for hydroxylation is 1. The lowest BCUT2D eigenvalue weighted by Crippen LogP contribution is -2.34. The summed E-state index contributed by atoms with van der Waals surface area (Å²) >= 11 is 0. The SMILES string of the molecule is Cc1cccn2cc(COc3ccc(CNCC4CCN(C)CC4)cc3)nc12. The molecular weight excluding hydrogens is 348 g/mol. The molecule has 3 aromatic rings. The van der Waals surface area contributed by atoms with Crippen molar-refractivity contribution in [2.45, 2.75) is 32.9 Å². The average Bonchev–Trinajstić information content (AvgIpc) is 3.14. The molecule has 4 rings (SSSR count). The number of hydrogen-bond acceptors (Lipinski definition) is 4. The molecule has 3 heterocycles. The van der Waals surface area contributed by atoms with Crippen LogP contribution in [0, 0.1) is 12.8 Å². The summed E-state index contributed by atoms with van der Waals surface area (Å²) in [6.45, 7) is 7.04. The largest absolute Gasteiger partial charge is 0.487 e. The third kappa shape index (κ3) is 4.72. The van der Waals surface area contributed by atoms with Crippen LogP contribution in [0.2, 0.25) is 0 Å². The second-order valence-corrected chi connectivity index (χ2v) is 7.96. The van der Waals surface area contributed by atoms with Gasteiger partial charge >= 0.3 is 0 Å². The van der Waals surface area contributed by atoms with Crippen LogP contribution in [-0.4, -0.2) is 41.0 Å². The molecule has 1 fully saturated rings. The number of ether oxygens (including phenoxy) is 1. The zero-order valence-electron chi connectivity index (χ0n) is 16.9. The molecule has 0 bridgehead atoms. The molecule has 0 amide bonds. The van der Waals surface area contributed by atoms with E-state index in [2.05, 4.69) is 47.4 Å². The van der Waals surface area contributed by atoms with Gasteiger partial charge < -0.3 is 19.4 Å². The monoisotopic (exact) mass is 378 g/mol. The van der Waals surface area contributed by atoms with Gasteiger partial charge in [0.2, 0.25) is 0 Å². The second-order valence-electron chi connectivity index (χ2n) is 7.96. The molecule has 148 valence electrons. The van der Waals surface area contributed by atoms with E-state index in [0.29, 0.717) is 6.61 Å². The number of likely N-dealkylation sites (tertiary alicyclic amines) is 1. The normalized spacial score (nSPS) is 15.9. The Morgan fingerprint density at radius 2 is 1.93 bits per heavy atom. The van der Waals surface area contributed by atoms with Gasteiger partial charge in [-0.05, 0) is 81.7 Å². The maximum Gasteiger partial charge on any atom is 0.140 e. The van der Waals surface area contributed by atoms with Crippen molar-refractivity contribution in [1.82, 2.24) is 19.6 Å². The predicted molar refractivity (Wildman–Crippen MR) is 113 cm³/mol. The van der Waals surface area contributed by atoms with Gasteiger partial charge in [0, 0.05) is 18.9 Å². The summed E-state index contributed by atoms with van der Waals surface area (Å²) in [5, 5.41) is 3.61. The summed E-state index contributed by atoms with van der Waals surface area (Å²) in [7, 11) is 2.21. The van der Waals surface area contributed by atoms with E-state index in [4.69, 9.17) is 4.74 Å². The fraction of sp³-hybridized carbons (Fsp3) is 0.435. The van der Waals surface area contributed by atoms with Crippen LogP contribution in [0.4, 0.5) is 0 Å². The number of aromatic nitrogens is 2. The summed E-state index contributed by atoms with van der Waals surface area (Å²) in [6, 6.07) is 12.5. The molecular formula is C23H30N4O. The number of fused-ring (bicyclic) bond motifs is 1. The van der Waals surface area contributed by atoms with E-state index in [-0.39, 0.29) is 0 Å². The highest BCUT2D eigenvalue weighted by Gasteiger charge is 2.15. The Bertz CT molecular complexity index is 895. The van der Waals surface area contributed by atoms with E-state index >= 15 is 0 Å². The fourth-order valence-corrected chi connectivity index (χ4v) is 3.82. The van der Waals surface area contributed by atoms with Crippen LogP contribution in [0.1, 0.15) is 29.7 Å². The Kier molecular flexibility index (Phi) is 5.93. The predicted octanol–water partition coefficient (Wildman–Crippen LogP) is 3.65. The highest BCUT2D eigenvalue weighted by atomic mass is 16.5. The summed E-state index contributed by atoms with van der Waals surface area (Å²) in [5.41, 5.74) is 4.40. The van der Waals surface area contributed by atoms with Gasteiger partial charge in [0.05, 0.1) is 5.69 Å². The summed E-state index contributed by atoms with van der Waals surface area (Å²) < 4.78 is 7.97. The Balaban J connectivity index is 1.24. The van der Waals surface area contributed by atoms with E-state index < -0.39 is 0 Å². The summed E-state index contributed by atoms with van der Waals surface area (Å²) in [4.78, 5) is 7.08. The number of piperidine rings is 1. The van der Waals surface area contributed by atoms with Gasteiger partial charge in [-0.25, -0.2) is 4.98 Å². The third-order valence-electron chi connectivity index (χ3n) is 5.64. The molecule has 0 spiro atoms. The molecule has 1 N–H and O–H groups in total. The topological polar surface area (TPSA) is 41.8 Å². The molecule has 0 unspecified atom stereocenters. The molecule has 0 aliphatic carbocycles. The van der Waals surface area contributed by atoms with E-state index in [9.17, 15) is 0 Å². The summed E-state index contributed by atoms with van der Waals surface area (Å²) in [6.07, 6.45) is 6.66. The lowest BCUT2D eigenvalue weighted by Gasteiger charge is -2.29. The van der Waals surface area contributed by atoms with Crippen molar-refractivity contribution < 1.29 is 4.74 Å². The minimum atomic E-state index is 0.481. The summed E-state index contributed by atoms with van der Waals surface area (Å²) in [5.74, 6) is 1.70. The Morgan fingerprint density at radius 3 is 2.68 bits per heavy atom. The molecule has 5 nitrogen and oxygen atoms in total. The van der Waals surface area contributed by atoms with Crippen molar-refractivity contribution in [2.75, 3.05) is 26.7 Å². The number of rotatable bonds is 7. The lowest BCUT2D eigenvalue weighted by molar-refractivity contribution is 0.216. The van der Waals surface area contributed by atoms with Gasteiger partial charge in [-0.1, -0.05) is 18.2 Å². The fourth-order valence-electron chi connectivity index (χ4n) is 3.82. The first-order valence-electron chi connectivity index (χ1n) is 10.2. The highest BCUT2D eigenvalue weighted by molar-refractivity contribution is 5.47. The number of hydrogen-bond donors (Lipinski definition) is 1. The van der Waals surface area contributed by atoms with Gasteiger partial charge in [-0.3, -0.25) is 0 Å². The van der Waals surface area contributed by atoms with Gasteiger partial charge in [0.1, 0.15) is 18.0 Å². The third-order valence-corrected chi connectivity index (χ3v) is 5.64. The molecule has 0 radical (unpaired) electrons. The molecule has 0 saturated carbocycles. The molecule has 0 atom stereocenters. The van der Waals surface area contributed by atoms with Crippen LogP contribution in [0.25, 0.3) is 5.65 Å². The van der Waals surface area contributed by atoms with Crippen LogP contribution >= 0.6 is 0 Å². The minimum Gasteiger partial charge on any atom is -0.487 e. The highest BCUT2D eigenvalue weighted by Crippen LogP contribution is 2.17. The van der Waals surface area contributed by atoms with Gasteiger partial charge in [-0.2, -0.15) is 0 Å².